The Balaban J connectivity index is 1.59. The third-order valence-corrected chi connectivity index (χ3v) is 4.04. The number of aryl methyl sites for hydroxylation is 1. The van der Waals surface area contributed by atoms with Crippen LogP contribution in [0.15, 0.2) is 46.2 Å². The van der Waals surface area contributed by atoms with Crippen LogP contribution in [0.2, 0.25) is 0 Å². The number of aromatic nitrogens is 2. The molecule has 0 aliphatic heterocycles. The van der Waals surface area contributed by atoms with E-state index in [1.54, 1.807) is 11.3 Å². The topological polar surface area (TPSA) is 51.0 Å². The fraction of sp³-hybridized carbons (Fsp3) is 0.200. The van der Waals surface area contributed by atoms with Gasteiger partial charge in [0.2, 0.25) is 11.8 Å². The van der Waals surface area contributed by atoms with Gasteiger partial charge in [0.05, 0.1) is 6.54 Å². The summed E-state index contributed by atoms with van der Waals surface area (Å²) in [5.74, 6) is 1.17. The molecule has 0 aliphatic rings. The van der Waals surface area contributed by atoms with E-state index in [1.807, 2.05) is 30.3 Å². The number of benzene rings is 1. The average molecular weight is 285 g/mol. The van der Waals surface area contributed by atoms with Gasteiger partial charge in [0, 0.05) is 17.0 Å². The molecule has 102 valence electrons. The molecule has 0 spiro atoms. The molecule has 3 aromatic rings. The largest absolute Gasteiger partial charge is 0.419 e. The zero-order chi connectivity index (χ0) is 13.8. The highest BCUT2D eigenvalue weighted by Gasteiger charge is 2.08. The van der Waals surface area contributed by atoms with E-state index in [2.05, 4.69) is 33.9 Å². The molecule has 2 heterocycles. The van der Waals surface area contributed by atoms with Gasteiger partial charge >= 0.3 is 0 Å². The molecular formula is C15H15N3OS. The lowest BCUT2D eigenvalue weighted by Crippen LogP contribution is -2.12. The standard InChI is InChI=1S/C15H15N3OS/c1-11-7-8-20-13(11)9-16-10-14-17-18-15(19-14)12-5-3-2-4-6-12/h2-8,16H,9-10H2,1H3. The highest BCUT2D eigenvalue weighted by molar-refractivity contribution is 7.10. The normalized spacial score (nSPS) is 10.8. The second kappa shape index (κ2) is 5.98. The molecular weight excluding hydrogens is 270 g/mol. The molecule has 4 nitrogen and oxygen atoms in total. The van der Waals surface area contributed by atoms with Crippen molar-refractivity contribution in [2.45, 2.75) is 20.0 Å². The summed E-state index contributed by atoms with van der Waals surface area (Å²) in [6.07, 6.45) is 0. The van der Waals surface area contributed by atoms with E-state index >= 15 is 0 Å². The lowest BCUT2D eigenvalue weighted by atomic mass is 10.2. The summed E-state index contributed by atoms with van der Waals surface area (Å²) in [5, 5.41) is 13.6. The van der Waals surface area contributed by atoms with Gasteiger partial charge in [0.15, 0.2) is 0 Å². The van der Waals surface area contributed by atoms with E-state index in [1.165, 1.54) is 10.4 Å². The van der Waals surface area contributed by atoms with Crippen molar-refractivity contribution >= 4 is 11.3 Å². The van der Waals surface area contributed by atoms with Gasteiger partial charge in [0.25, 0.3) is 0 Å². The molecule has 0 atom stereocenters. The maximum atomic E-state index is 5.64. The van der Waals surface area contributed by atoms with Gasteiger partial charge in [-0.05, 0) is 36.1 Å². The van der Waals surface area contributed by atoms with Crippen molar-refractivity contribution in [2.75, 3.05) is 0 Å². The van der Waals surface area contributed by atoms with Crippen LogP contribution in [0.3, 0.4) is 0 Å². The van der Waals surface area contributed by atoms with E-state index in [4.69, 9.17) is 4.42 Å². The smallest absolute Gasteiger partial charge is 0.247 e. The zero-order valence-electron chi connectivity index (χ0n) is 11.2. The molecule has 0 radical (unpaired) electrons. The molecule has 5 heteroatoms. The Morgan fingerprint density at radius 1 is 1.10 bits per heavy atom. The van der Waals surface area contributed by atoms with Gasteiger partial charge in [-0.2, -0.15) is 0 Å². The van der Waals surface area contributed by atoms with Gasteiger partial charge in [-0.1, -0.05) is 18.2 Å². The molecule has 3 rings (SSSR count). The Morgan fingerprint density at radius 2 is 1.95 bits per heavy atom. The highest BCUT2D eigenvalue weighted by Crippen LogP contribution is 2.17. The lowest BCUT2D eigenvalue weighted by molar-refractivity contribution is 0.478. The van der Waals surface area contributed by atoms with Crippen molar-refractivity contribution < 1.29 is 4.42 Å². The molecule has 2 aromatic heterocycles. The predicted molar refractivity (Wildman–Crippen MR) is 79.3 cm³/mol. The van der Waals surface area contributed by atoms with E-state index in [9.17, 15) is 0 Å². The Bertz CT molecular complexity index is 675. The minimum Gasteiger partial charge on any atom is -0.419 e. The quantitative estimate of drug-likeness (QED) is 0.780. The summed E-state index contributed by atoms with van der Waals surface area (Å²) >= 11 is 1.76. The Morgan fingerprint density at radius 3 is 2.70 bits per heavy atom. The Kier molecular flexibility index (Phi) is 3.90. The molecule has 0 aliphatic carbocycles. The molecule has 0 saturated heterocycles. The molecule has 1 aromatic carbocycles. The van der Waals surface area contributed by atoms with Crippen LogP contribution in [0.1, 0.15) is 16.3 Å². The summed E-state index contributed by atoms with van der Waals surface area (Å²) in [5.41, 5.74) is 2.26. The first-order chi connectivity index (χ1) is 9.83. The second-order valence-corrected chi connectivity index (χ2v) is 5.50. The van der Waals surface area contributed by atoms with Crippen molar-refractivity contribution in [3.8, 4) is 11.5 Å². The van der Waals surface area contributed by atoms with Gasteiger partial charge < -0.3 is 9.73 Å². The second-order valence-electron chi connectivity index (χ2n) is 4.50. The summed E-state index contributed by atoms with van der Waals surface area (Å²) in [6.45, 7) is 3.53. The maximum absolute atomic E-state index is 5.64. The van der Waals surface area contributed by atoms with Crippen LogP contribution in [-0.4, -0.2) is 10.2 Å². The average Bonchev–Trinajstić information content (AvgIpc) is 3.10. The molecule has 0 bridgehead atoms. The van der Waals surface area contributed by atoms with E-state index in [0.29, 0.717) is 18.3 Å². The SMILES string of the molecule is Cc1ccsc1CNCc1nnc(-c2ccccc2)o1. The third kappa shape index (κ3) is 2.95. The summed E-state index contributed by atoms with van der Waals surface area (Å²) in [7, 11) is 0. The van der Waals surface area contributed by atoms with E-state index in [-0.39, 0.29) is 0 Å². The number of thiophene rings is 1. The first-order valence-electron chi connectivity index (χ1n) is 6.44. The first kappa shape index (κ1) is 13.0. The molecule has 0 fully saturated rings. The number of hydrogen-bond acceptors (Lipinski definition) is 5. The number of nitrogens with one attached hydrogen (secondary N) is 1. The number of nitrogens with zero attached hydrogens (tertiary/aromatic N) is 2. The maximum Gasteiger partial charge on any atom is 0.247 e. The first-order valence-corrected chi connectivity index (χ1v) is 7.32. The molecule has 1 N–H and O–H groups in total. The van der Waals surface area contributed by atoms with Crippen molar-refractivity contribution in [3.05, 3.63) is 58.1 Å². The number of hydrogen-bond donors (Lipinski definition) is 1. The zero-order valence-corrected chi connectivity index (χ0v) is 12.0. The fourth-order valence-electron chi connectivity index (χ4n) is 1.89. The molecule has 0 saturated carbocycles. The van der Waals surface area contributed by atoms with Gasteiger partial charge in [-0.25, -0.2) is 0 Å². The van der Waals surface area contributed by atoms with Gasteiger partial charge in [-0.15, -0.1) is 21.5 Å². The van der Waals surface area contributed by atoms with Gasteiger partial charge in [-0.3, -0.25) is 0 Å². The summed E-state index contributed by atoms with van der Waals surface area (Å²) in [4.78, 5) is 1.34. The van der Waals surface area contributed by atoms with Crippen LogP contribution in [0.25, 0.3) is 11.5 Å². The third-order valence-electron chi connectivity index (χ3n) is 3.02. The number of rotatable bonds is 5. The van der Waals surface area contributed by atoms with Gasteiger partial charge in [0.1, 0.15) is 0 Å². The van der Waals surface area contributed by atoms with Crippen LogP contribution >= 0.6 is 11.3 Å². The van der Waals surface area contributed by atoms with Crippen LogP contribution in [-0.2, 0) is 13.1 Å². The van der Waals surface area contributed by atoms with E-state index in [0.717, 1.165) is 12.1 Å². The van der Waals surface area contributed by atoms with Crippen LogP contribution in [0.4, 0.5) is 0 Å². The fourth-order valence-corrected chi connectivity index (χ4v) is 2.77. The van der Waals surface area contributed by atoms with Crippen molar-refractivity contribution in [1.82, 2.24) is 15.5 Å². The predicted octanol–water partition coefficient (Wildman–Crippen LogP) is 3.40. The minimum atomic E-state index is 0.565. The Hall–Kier alpha value is -1.98. The van der Waals surface area contributed by atoms with E-state index < -0.39 is 0 Å². The minimum absolute atomic E-state index is 0.565. The monoisotopic (exact) mass is 285 g/mol. The lowest BCUT2D eigenvalue weighted by Gasteiger charge is -2.00. The summed E-state index contributed by atoms with van der Waals surface area (Å²) in [6, 6.07) is 11.9. The summed E-state index contributed by atoms with van der Waals surface area (Å²) < 4.78 is 5.64. The Labute approximate surface area is 121 Å². The van der Waals surface area contributed by atoms with Crippen LogP contribution < -0.4 is 5.32 Å². The molecule has 0 amide bonds. The van der Waals surface area contributed by atoms with Crippen LogP contribution in [0.5, 0.6) is 0 Å². The van der Waals surface area contributed by atoms with Crippen molar-refractivity contribution in [1.29, 1.82) is 0 Å². The molecule has 20 heavy (non-hydrogen) atoms. The van der Waals surface area contributed by atoms with Crippen molar-refractivity contribution in [2.24, 2.45) is 0 Å². The highest BCUT2D eigenvalue weighted by atomic mass is 32.1. The molecule has 0 unspecified atom stereocenters. The van der Waals surface area contributed by atoms with Crippen LogP contribution in [0, 0.1) is 6.92 Å². The van der Waals surface area contributed by atoms with Crippen molar-refractivity contribution in [3.63, 3.8) is 0 Å².